The van der Waals surface area contributed by atoms with Gasteiger partial charge in [-0.05, 0) is 60.7 Å². The minimum atomic E-state index is -0.586. The summed E-state index contributed by atoms with van der Waals surface area (Å²) in [4.78, 5) is 53.6. The van der Waals surface area contributed by atoms with E-state index in [1.807, 2.05) is 12.1 Å². The molecule has 7 rings (SSSR count). The van der Waals surface area contributed by atoms with Gasteiger partial charge < -0.3 is 34.3 Å². The molecule has 2 fully saturated rings. The molecule has 42 heavy (non-hydrogen) atoms. The van der Waals surface area contributed by atoms with Crippen LogP contribution in [0.3, 0.4) is 0 Å². The Morgan fingerprint density at radius 1 is 1.02 bits per heavy atom. The lowest BCUT2D eigenvalue weighted by Gasteiger charge is -2.21. The molecule has 3 amide bonds. The third-order valence-corrected chi connectivity index (χ3v) is 7.62. The molecule has 11 nitrogen and oxygen atoms in total. The van der Waals surface area contributed by atoms with Gasteiger partial charge in [0.15, 0.2) is 6.61 Å². The highest BCUT2D eigenvalue weighted by Gasteiger charge is 2.39. The first-order valence-corrected chi connectivity index (χ1v) is 14.0. The molecule has 0 spiro atoms. The molecule has 1 aliphatic carbocycles. The van der Waals surface area contributed by atoms with E-state index in [1.165, 1.54) is 15.5 Å². The average molecular weight is 573 g/mol. The number of carbonyl (C=O) groups excluding carboxylic acids is 3. The lowest BCUT2D eigenvalue weighted by Crippen LogP contribution is -2.45. The molecule has 2 aromatic carbocycles. The van der Waals surface area contributed by atoms with Gasteiger partial charge in [-0.1, -0.05) is 12.1 Å². The summed E-state index contributed by atoms with van der Waals surface area (Å²) in [5.74, 6) is 0.697. The number of likely N-dealkylation sites (tertiary alicyclic amines) is 1. The molecule has 218 valence electrons. The van der Waals surface area contributed by atoms with E-state index in [9.17, 15) is 19.2 Å². The second kappa shape index (κ2) is 11.6. The number of aryl methyl sites for hydroxylation is 1. The fourth-order valence-corrected chi connectivity index (χ4v) is 5.01. The number of fused-ring (bicyclic) bond motifs is 7. The van der Waals surface area contributed by atoms with Crippen LogP contribution < -0.4 is 30.4 Å². The highest BCUT2D eigenvalue weighted by molar-refractivity contribution is 5.96. The normalized spacial score (nSPS) is 20.5. The van der Waals surface area contributed by atoms with Gasteiger partial charge in [-0.15, -0.1) is 0 Å². The number of hydrogen-bond acceptors (Lipinski definition) is 7. The zero-order chi connectivity index (χ0) is 29.2. The summed E-state index contributed by atoms with van der Waals surface area (Å²) in [5.41, 5.74) is 0.805. The number of aromatic nitrogens is 1. The summed E-state index contributed by atoms with van der Waals surface area (Å²) in [5, 5.41) is 5.84. The SMILES string of the molecule is Cn1cccc(C(=O)N2C[C@@H]3NC(=O)c4cc(cc(OCC5CC5)c4)OCC(=O)NCc4ccc(cc4)O[C@H]3C2)c1=O. The van der Waals surface area contributed by atoms with Crippen molar-refractivity contribution >= 4 is 17.7 Å². The Labute approximate surface area is 242 Å². The van der Waals surface area contributed by atoms with Crippen molar-refractivity contribution in [2.45, 2.75) is 31.5 Å². The summed E-state index contributed by atoms with van der Waals surface area (Å²) >= 11 is 0. The van der Waals surface area contributed by atoms with Crippen LogP contribution in [-0.4, -0.2) is 65.6 Å². The van der Waals surface area contributed by atoms with Crippen LogP contribution in [0.5, 0.6) is 17.2 Å². The first-order chi connectivity index (χ1) is 20.3. The topological polar surface area (TPSA) is 128 Å². The van der Waals surface area contributed by atoms with Crippen LogP contribution in [0.1, 0.15) is 39.1 Å². The van der Waals surface area contributed by atoms with Crippen LogP contribution in [0, 0.1) is 5.92 Å². The molecule has 3 aromatic rings. The van der Waals surface area contributed by atoms with E-state index in [-0.39, 0.29) is 36.7 Å². The first-order valence-electron chi connectivity index (χ1n) is 14.0. The Bertz CT molecular complexity index is 1560. The van der Waals surface area contributed by atoms with Gasteiger partial charge in [-0.25, -0.2) is 0 Å². The molecule has 1 aromatic heterocycles. The summed E-state index contributed by atoms with van der Waals surface area (Å²) in [6.07, 6.45) is 3.22. The van der Waals surface area contributed by atoms with Crippen molar-refractivity contribution in [1.82, 2.24) is 20.1 Å². The van der Waals surface area contributed by atoms with Gasteiger partial charge in [-0.2, -0.15) is 0 Å². The van der Waals surface area contributed by atoms with E-state index in [1.54, 1.807) is 49.6 Å². The van der Waals surface area contributed by atoms with Crippen molar-refractivity contribution in [2.24, 2.45) is 13.0 Å². The van der Waals surface area contributed by atoms with Crippen LogP contribution in [-0.2, 0) is 18.4 Å². The second-order valence-corrected chi connectivity index (χ2v) is 10.9. The van der Waals surface area contributed by atoms with Gasteiger partial charge >= 0.3 is 0 Å². The van der Waals surface area contributed by atoms with Crippen molar-refractivity contribution < 1.29 is 28.6 Å². The highest BCUT2D eigenvalue weighted by Crippen LogP contribution is 2.31. The van der Waals surface area contributed by atoms with Gasteiger partial charge in [0, 0.05) is 38.0 Å². The summed E-state index contributed by atoms with van der Waals surface area (Å²) in [6.45, 7) is 0.925. The highest BCUT2D eigenvalue weighted by atomic mass is 16.5. The van der Waals surface area contributed by atoms with E-state index in [0.717, 1.165) is 18.4 Å². The Hall–Kier alpha value is -4.80. The molecule has 11 heteroatoms. The van der Waals surface area contributed by atoms with Crippen molar-refractivity contribution in [2.75, 3.05) is 26.3 Å². The zero-order valence-corrected chi connectivity index (χ0v) is 23.2. The van der Waals surface area contributed by atoms with Crippen LogP contribution in [0.25, 0.3) is 0 Å². The predicted octanol–water partition coefficient (Wildman–Crippen LogP) is 1.88. The third kappa shape index (κ3) is 6.24. The molecule has 1 saturated carbocycles. The Morgan fingerprint density at radius 3 is 2.62 bits per heavy atom. The van der Waals surface area contributed by atoms with Crippen molar-refractivity contribution in [1.29, 1.82) is 0 Å². The summed E-state index contributed by atoms with van der Waals surface area (Å²) < 4.78 is 19.3. The standard InChI is InChI=1S/C31H32N4O7/c1-34-10-2-3-25(30(34)38)31(39)35-15-26-27(16-35)42-22-8-6-19(7-9-22)14-32-28(36)18-41-24-12-21(29(37)33-26)11-23(13-24)40-17-20-4-5-20/h2-3,6-13,20,26-27H,4-5,14-18H2,1H3,(H,32,36)(H,33,37)/t26-,27-/m0/s1. The van der Waals surface area contributed by atoms with Gasteiger partial charge in [0.05, 0.1) is 19.2 Å². The smallest absolute Gasteiger partial charge is 0.263 e. The maximum atomic E-state index is 13.6. The Balaban J connectivity index is 1.30. The Morgan fingerprint density at radius 2 is 1.83 bits per heavy atom. The summed E-state index contributed by atoms with van der Waals surface area (Å²) in [6, 6.07) is 14.7. The largest absolute Gasteiger partial charge is 0.493 e. The molecule has 4 bridgehead atoms. The first kappa shape index (κ1) is 27.4. The molecule has 4 heterocycles. The zero-order valence-electron chi connectivity index (χ0n) is 23.2. The number of pyridine rings is 1. The number of ether oxygens (including phenoxy) is 3. The van der Waals surface area contributed by atoms with E-state index in [4.69, 9.17) is 14.2 Å². The molecular formula is C31H32N4O7. The minimum Gasteiger partial charge on any atom is -0.493 e. The van der Waals surface area contributed by atoms with Crippen LogP contribution in [0.15, 0.2) is 65.6 Å². The second-order valence-electron chi connectivity index (χ2n) is 10.9. The number of carbonyl (C=O) groups is 3. The van der Waals surface area contributed by atoms with Crippen LogP contribution >= 0.6 is 0 Å². The van der Waals surface area contributed by atoms with Crippen LogP contribution in [0.2, 0.25) is 0 Å². The lowest BCUT2D eigenvalue weighted by molar-refractivity contribution is -0.123. The minimum absolute atomic E-state index is 0.0499. The molecule has 4 aliphatic rings. The van der Waals surface area contributed by atoms with Crippen molar-refractivity contribution in [3.05, 3.63) is 87.8 Å². The number of amides is 3. The lowest BCUT2D eigenvalue weighted by atomic mass is 10.1. The maximum Gasteiger partial charge on any atom is 0.263 e. The Kier molecular flexibility index (Phi) is 7.56. The summed E-state index contributed by atoms with van der Waals surface area (Å²) in [7, 11) is 1.59. The molecule has 0 radical (unpaired) electrons. The third-order valence-electron chi connectivity index (χ3n) is 7.62. The molecular weight excluding hydrogens is 540 g/mol. The van der Waals surface area contributed by atoms with Crippen molar-refractivity contribution in [3.63, 3.8) is 0 Å². The molecule has 1 saturated heterocycles. The van der Waals surface area contributed by atoms with E-state index < -0.39 is 29.5 Å². The van der Waals surface area contributed by atoms with E-state index in [0.29, 0.717) is 36.3 Å². The fraction of sp³-hybridized carbons (Fsp3) is 0.355. The number of hydrogen-bond donors (Lipinski definition) is 2. The predicted molar refractivity (Wildman–Crippen MR) is 152 cm³/mol. The number of rotatable bonds is 4. The van der Waals surface area contributed by atoms with E-state index >= 15 is 0 Å². The number of benzene rings is 2. The maximum absolute atomic E-state index is 13.6. The quantitative estimate of drug-likeness (QED) is 0.489. The average Bonchev–Trinajstić information content (AvgIpc) is 3.75. The number of nitrogens with one attached hydrogen (secondary N) is 2. The van der Waals surface area contributed by atoms with Gasteiger partial charge in [0.1, 0.15) is 28.9 Å². The van der Waals surface area contributed by atoms with Gasteiger partial charge in [0.25, 0.3) is 23.3 Å². The van der Waals surface area contributed by atoms with Crippen LogP contribution in [0.4, 0.5) is 0 Å². The molecule has 2 N–H and O–H groups in total. The fourth-order valence-electron chi connectivity index (χ4n) is 5.01. The van der Waals surface area contributed by atoms with E-state index in [2.05, 4.69) is 10.6 Å². The molecule has 0 unspecified atom stereocenters. The van der Waals surface area contributed by atoms with Gasteiger partial charge in [0.2, 0.25) is 0 Å². The molecule has 3 aliphatic heterocycles. The monoisotopic (exact) mass is 572 g/mol. The van der Waals surface area contributed by atoms with Crippen molar-refractivity contribution in [3.8, 4) is 17.2 Å². The molecule has 2 atom stereocenters. The van der Waals surface area contributed by atoms with Gasteiger partial charge in [-0.3, -0.25) is 19.2 Å². The number of nitrogens with zero attached hydrogens (tertiary/aromatic N) is 2.